The largest absolute Gasteiger partial charge is 0.397 e. The Hall–Kier alpha value is -3.56. The van der Waals surface area contributed by atoms with Gasteiger partial charge in [0.1, 0.15) is 11.9 Å². The SMILES string of the molecule is Cc1ccccc1-c1cc2cc(Nc3cnn([C@H](C)C#N)c3)ncc2c(N)c1Cl. The van der Waals surface area contributed by atoms with Gasteiger partial charge in [0.05, 0.1) is 28.7 Å². The molecular formula is C22H19ClN6. The number of nitrogen functional groups attached to an aromatic ring is 1. The fraction of sp³-hybridized carbons (Fsp3) is 0.136. The highest BCUT2D eigenvalue weighted by atomic mass is 35.5. The van der Waals surface area contributed by atoms with E-state index >= 15 is 0 Å². The van der Waals surface area contributed by atoms with E-state index in [1.165, 1.54) is 0 Å². The maximum Gasteiger partial charge on any atom is 0.135 e. The van der Waals surface area contributed by atoms with Gasteiger partial charge in [-0.2, -0.15) is 10.4 Å². The zero-order valence-corrected chi connectivity index (χ0v) is 16.8. The van der Waals surface area contributed by atoms with Crippen molar-refractivity contribution in [3.8, 4) is 17.2 Å². The molecule has 29 heavy (non-hydrogen) atoms. The van der Waals surface area contributed by atoms with Crippen LogP contribution in [0.4, 0.5) is 17.2 Å². The van der Waals surface area contributed by atoms with E-state index in [0.717, 1.165) is 33.2 Å². The fourth-order valence-electron chi connectivity index (χ4n) is 3.26. The lowest BCUT2D eigenvalue weighted by atomic mass is 9.97. The molecule has 0 aliphatic rings. The molecule has 0 aliphatic carbocycles. The molecule has 0 aliphatic heterocycles. The fourth-order valence-corrected chi connectivity index (χ4v) is 3.52. The molecule has 0 saturated carbocycles. The lowest BCUT2D eigenvalue weighted by molar-refractivity contribution is 0.591. The summed E-state index contributed by atoms with van der Waals surface area (Å²) in [5.41, 5.74) is 10.6. The van der Waals surface area contributed by atoms with E-state index in [0.29, 0.717) is 16.5 Å². The molecule has 6 nitrogen and oxygen atoms in total. The van der Waals surface area contributed by atoms with Crippen molar-refractivity contribution in [2.24, 2.45) is 0 Å². The molecule has 0 amide bonds. The standard InChI is InChI=1S/C22H19ClN6/c1-13-5-3-4-6-17(13)18-7-15-8-20(26-11-19(15)22(25)21(18)23)28-16-10-27-29(12-16)14(2)9-24/h3-8,10-12,14H,25H2,1-2H3,(H,26,28)/t14-/m1/s1. The first kappa shape index (κ1) is 18.8. The molecule has 0 radical (unpaired) electrons. The third-order valence-corrected chi connectivity index (χ3v) is 5.30. The van der Waals surface area contributed by atoms with Crippen LogP contribution in [0, 0.1) is 18.3 Å². The summed E-state index contributed by atoms with van der Waals surface area (Å²) in [6, 6.07) is 13.8. The number of rotatable bonds is 4. The van der Waals surface area contributed by atoms with E-state index in [9.17, 15) is 0 Å². The molecule has 7 heteroatoms. The van der Waals surface area contributed by atoms with Gasteiger partial charge >= 0.3 is 0 Å². The van der Waals surface area contributed by atoms with Crippen LogP contribution in [-0.4, -0.2) is 14.8 Å². The highest BCUT2D eigenvalue weighted by Crippen LogP contribution is 2.39. The molecule has 0 saturated heterocycles. The summed E-state index contributed by atoms with van der Waals surface area (Å²) in [6.45, 7) is 3.83. The minimum Gasteiger partial charge on any atom is -0.397 e. The van der Waals surface area contributed by atoms with Crippen LogP contribution in [0.3, 0.4) is 0 Å². The maximum absolute atomic E-state index is 9.03. The number of aryl methyl sites for hydroxylation is 1. The molecule has 144 valence electrons. The van der Waals surface area contributed by atoms with E-state index in [1.807, 2.05) is 43.3 Å². The van der Waals surface area contributed by atoms with Crippen LogP contribution in [0.1, 0.15) is 18.5 Å². The number of pyridine rings is 1. The van der Waals surface area contributed by atoms with Gasteiger partial charge in [0, 0.05) is 23.3 Å². The van der Waals surface area contributed by atoms with Gasteiger partial charge in [-0.15, -0.1) is 0 Å². The Labute approximate surface area is 173 Å². The first-order valence-corrected chi connectivity index (χ1v) is 9.50. The van der Waals surface area contributed by atoms with Gasteiger partial charge in [-0.3, -0.25) is 4.68 Å². The van der Waals surface area contributed by atoms with Crippen molar-refractivity contribution < 1.29 is 0 Å². The summed E-state index contributed by atoms with van der Waals surface area (Å²) in [7, 11) is 0. The lowest BCUT2D eigenvalue weighted by Gasteiger charge is -2.13. The molecule has 0 fully saturated rings. The molecule has 0 unspecified atom stereocenters. The highest BCUT2D eigenvalue weighted by Gasteiger charge is 2.14. The van der Waals surface area contributed by atoms with Gasteiger partial charge in [0.2, 0.25) is 0 Å². The van der Waals surface area contributed by atoms with E-state index in [4.69, 9.17) is 22.6 Å². The topological polar surface area (TPSA) is 92.5 Å². The Bertz CT molecular complexity index is 1250. The second kappa shape index (κ2) is 7.46. The van der Waals surface area contributed by atoms with Gasteiger partial charge < -0.3 is 11.1 Å². The molecule has 1 atom stereocenters. The molecule has 4 aromatic rings. The van der Waals surface area contributed by atoms with Crippen LogP contribution in [-0.2, 0) is 0 Å². The van der Waals surface area contributed by atoms with Crippen LogP contribution in [0.15, 0.2) is 55.0 Å². The predicted octanol–water partition coefficient (Wildman–Crippen LogP) is 5.47. The number of aromatic nitrogens is 3. The molecule has 2 aromatic heterocycles. The third kappa shape index (κ3) is 3.48. The number of nitrogens with zero attached hydrogens (tertiary/aromatic N) is 4. The normalized spacial score (nSPS) is 11.9. The first-order valence-electron chi connectivity index (χ1n) is 9.12. The number of halogens is 1. The molecule has 4 rings (SSSR count). The van der Waals surface area contributed by atoms with Crippen molar-refractivity contribution in [2.45, 2.75) is 19.9 Å². The van der Waals surface area contributed by atoms with Gasteiger partial charge in [-0.1, -0.05) is 35.9 Å². The molecule has 2 aromatic carbocycles. The number of hydrogen-bond donors (Lipinski definition) is 2. The number of nitrogens with two attached hydrogens (primary N) is 1. The monoisotopic (exact) mass is 402 g/mol. The van der Waals surface area contributed by atoms with E-state index in [-0.39, 0.29) is 6.04 Å². The molecular weight excluding hydrogens is 384 g/mol. The Kier molecular flexibility index (Phi) is 4.83. The third-order valence-electron chi connectivity index (χ3n) is 4.89. The van der Waals surface area contributed by atoms with Crippen molar-refractivity contribution in [1.82, 2.24) is 14.8 Å². The number of fused-ring (bicyclic) bond motifs is 1. The number of hydrogen-bond acceptors (Lipinski definition) is 5. The summed E-state index contributed by atoms with van der Waals surface area (Å²) < 4.78 is 1.59. The van der Waals surface area contributed by atoms with E-state index in [1.54, 1.807) is 30.2 Å². The van der Waals surface area contributed by atoms with Crippen LogP contribution in [0.5, 0.6) is 0 Å². The zero-order chi connectivity index (χ0) is 20.5. The average molecular weight is 403 g/mol. The second-order valence-corrected chi connectivity index (χ2v) is 7.27. The Morgan fingerprint density at radius 3 is 2.76 bits per heavy atom. The minimum atomic E-state index is -0.339. The summed E-state index contributed by atoms with van der Waals surface area (Å²) in [5, 5.41) is 18.7. The lowest BCUT2D eigenvalue weighted by Crippen LogP contribution is -2.02. The second-order valence-electron chi connectivity index (χ2n) is 6.90. The van der Waals surface area contributed by atoms with Crippen LogP contribution >= 0.6 is 11.6 Å². The van der Waals surface area contributed by atoms with Crippen LogP contribution < -0.4 is 11.1 Å². The Morgan fingerprint density at radius 1 is 1.21 bits per heavy atom. The summed E-state index contributed by atoms with van der Waals surface area (Å²) >= 11 is 6.59. The zero-order valence-electron chi connectivity index (χ0n) is 16.0. The van der Waals surface area contributed by atoms with Gasteiger partial charge in [0.25, 0.3) is 0 Å². The number of nitrogens with one attached hydrogen (secondary N) is 1. The summed E-state index contributed by atoms with van der Waals surface area (Å²) in [4.78, 5) is 4.45. The number of benzene rings is 2. The van der Waals surface area contributed by atoms with Crippen molar-refractivity contribution in [2.75, 3.05) is 11.1 Å². The van der Waals surface area contributed by atoms with E-state index < -0.39 is 0 Å². The molecule has 3 N–H and O–H groups in total. The van der Waals surface area contributed by atoms with Crippen LogP contribution in [0.25, 0.3) is 21.9 Å². The molecule has 0 bridgehead atoms. The van der Waals surface area contributed by atoms with Crippen molar-refractivity contribution in [3.05, 3.63) is 65.6 Å². The number of anilines is 3. The average Bonchev–Trinajstić information content (AvgIpc) is 3.19. The minimum absolute atomic E-state index is 0.339. The van der Waals surface area contributed by atoms with Gasteiger partial charge in [-0.05, 0) is 42.5 Å². The smallest absolute Gasteiger partial charge is 0.135 e. The van der Waals surface area contributed by atoms with Crippen molar-refractivity contribution in [1.29, 1.82) is 5.26 Å². The van der Waals surface area contributed by atoms with Gasteiger partial charge in [0.15, 0.2) is 0 Å². The van der Waals surface area contributed by atoms with Crippen molar-refractivity contribution >= 4 is 39.6 Å². The van der Waals surface area contributed by atoms with Gasteiger partial charge in [-0.25, -0.2) is 4.98 Å². The quantitative estimate of drug-likeness (QED) is 0.441. The summed E-state index contributed by atoms with van der Waals surface area (Å²) in [6.07, 6.45) is 5.15. The highest BCUT2D eigenvalue weighted by molar-refractivity contribution is 6.37. The van der Waals surface area contributed by atoms with E-state index in [2.05, 4.69) is 21.5 Å². The summed E-state index contributed by atoms with van der Waals surface area (Å²) in [5.74, 6) is 0.652. The maximum atomic E-state index is 9.03. The van der Waals surface area contributed by atoms with Crippen molar-refractivity contribution in [3.63, 3.8) is 0 Å². The Balaban J connectivity index is 1.75. The molecule has 2 heterocycles. The first-order chi connectivity index (χ1) is 14.0. The Morgan fingerprint density at radius 2 is 2.00 bits per heavy atom. The molecule has 0 spiro atoms. The predicted molar refractivity (Wildman–Crippen MR) is 117 cm³/mol. The number of nitriles is 1. The van der Waals surface area contributed by atoms with Crippen LogP contribution in [0.2, 0.25) is 5.02 Å².